The third-order valence-electron chi connectivity index (χ3n) is 2.49. The molecule has 0 aliphatic carbocycles. The van der Waals surface area contributed by atoms with Crippen LogP contribution in [0.5, 0.6) is 5.75 Å². The zero-order chi connectivity index (χ0) is 16.3. The molecule has 0 aliphatic heterocycles. The molecule has 1 aromatic rings. The van der Waals surface area contributed by atoms with E-state index in [0.717, 1.165) is 12.1 Å². The fourth-order valence-corrected chi connectivity index (χ4v) is 1.64. The van der Waals surface area contributed by atoms with Crippen LogP contribution in [0, 0.1) is 0 Å². The minimum absolute atomic E-state index is 0.105. The summed E-state index contributed by atoms with van der Waals surface area (Å²) in [6.45, 7) is 4.83. The molecule has 1 rings (SSSR count). The number of phenols is 1. The summed E-state index contributed by atoms with van der Waals surface area (Å²) in [5.41, 5.74) is 3.96. The molecule has 118 valence electrons. The molecule has 0 aromatic heterocycles. The van der Waals surface area contributed by atoms with Gasteiger partial charge in [-0.3, -0.25) is 5.32 Å². The van der Waals surface area contributed by atoms with Crippen LogP contribution in [0.2, 0.25) is 0 Å². The van der Waals surface area contributed by atoms with Gasteiger partial charge in [-0.2, -0.15) is 0 Å². The van der Waals surface area contributed by atoms with Crippen molar-refractivity contribution in [2.24, 2.45) is 5.73 Å². The average molecular weight is 302 g/mol. The Bertz CT molecular complexity index is 513. The van der Waals surface area contributed by atoms with E-state index in [1.807, 2.05) is 0 Å². The Morgan fingerprint density at radius 2 is 2.00 bits per heavy atom. The van der Waals surface area contributed by atoms with E-state index in [2.05, 4.69) is 5.32 Å². The Hall–Kier alpha value is -1.89. The van der Waals surface area contributed by atoms with E-state index in [1.165, 1.54) is 6.07 Å². The van der Waals surface area contributed by atoms with Crippen LogP contribution in [0.1, 0.15) is 32.8 Å². The Morgan fingerprint density at radius 1 is 1.38 bits per heavy atom. The topological polar surface area (TPSA) is 84.6 Å². The second-order valence-corrected chi connectivity index (χ2v) is 5.60. The summed E-state index contributed by atoms with van der Waals surface area (Å²) in [6, 6.07) is 3.41. The van der Waals surface area contributed by atoms with Gasteiger partial charge in [-0.1, -0.05) is 0 Å². The van der Waals surface area contributed by atoms with Crippen LogP contribution in [-0.4, -0.2) is 23.3 Å². The van der Waals surface area contributed by atoms with E-state index < -0.39 is 35.4 Å². The number of alkyl halides is 2. The van der Waals surface area contributed by atoms with Gasteiger partial charge in [-0.25, -0.2) is 13.6 Å². The van der Waals surface area contributed by atoms with Crippen molar-refractivity contribution >= 4 is 11.8 Å². The van der Waals surface area contributed by atoms with Crippen molar-refractivity contribution in [3.8, 4) is 5.75 Å². The van der Waals surface area contributed by atoms with Crippen molar-refractivity contribution in [2.45, 2.75) is 38.7 Å². The number of phenolic OH excluding ortho intramolecular Hbond substituents is 1. The molecular formula is C14H20F2N2O3. The minimum atomic E-state index is -3.27. The largest absolute Gasteiger partial charge is 0.507 e. The molecule has 0 spiro atoms. The number of aromatic hydroxyl groups is 1. The lowest BCUT2D eigenvalue weighted by molar-refractivity contribution is -0.0127. The molecular weight excluding hydrogens is 282 g/mol. The maximum atomic E-state index is 13.8. The van der Waals surface area contributed by atoms with Crippen molar-refractivity contribution < 1.29 is 23.4 Å². The molecule has 1 amide bonds. The number of benzene rings is 1. The van der Waals surface area contributed by atoms with Crippen LogP contribution < -0.4 is 11.1 Å². The quantitative estimate of drug-likeness (QED) is 0.746. The highest BCUT2D eigenvalue weighted by Gasteiger charge is 2.33. The van der Waals surface area contributed by atoms with Gasteiger partial charge < -0.3 is 15.6 Å². The van der Waals surface area contributed by atoms with Crippen molar-refractivity contribution in [3.63, 3.8) is 0 Å². The zero-order valence-electron chi connectivity index (χ0n) is 12.2. The second-order valence-electron chi connectivity index (χ2n) is 5.60. The molecule has 1 aromatic carbocycles. The summed E-state index contributed by atoms with van der Waals surface area (Å²) in [7, 11) is 0. The van der Waals surface area contributed by atoms with Gasteiger partial charge in [0.1, 0.15) is 11.4 Å². The van der Waals surface area contributed by atoms with Crippen LogP contribution in [0.25, 0.3) is 0 Å². The Kier molecular flexibility index (Phi) is 5.11. The summed E-state index contributed by atoms with van der Waals surface area (Å²) in [4.78, 5) is 11.6. The van der Waals surface area contributed by atoms with Gasteiger partial charge in [0.05, 0.1) is 5.56 Å². The summed E-state index contributed by atoms with van der Waals surface area (Å²) in [5.74, 6) is -3.83. The van der Waals surface area contributed by atoms with Crippen LogP contribution in [0.3, 0.4) is 0 Å². The highest BCUT2D eigenvalue weighted by atomic mass is 19.3. The van der Waals surface area contributed by atoms with Crippen molar-refractivity contribution in [1.29, 1.82) is 0 Å². The molecule has 0 saturated heterocycles. The SMILES string of the molecule is CC(C)(C)OC(=O)Nc1ccc(O)c(C(F)(F)CCN)c1. The molecule has 7 heteroatoms. The number of amides is 1. The van der Waals surface area contributed by atoms with E-state index >= 15 is 0 Å². The highest BCUT2D eigenvalue weighted by molar-refractivity contribution is 5.85. The number of nitrogens with one attached hydrogen (secondary N) is 1. The van der Waals surface area contributed by atoms with Gasteiger partial charge in [0.15, 0.2) is 0 Å². The predicted molar refractivity (Wildman–Crippen MR) is 75.5 cm³/mol. The fourth-order valence-electron chi connectivity index (χ4n) is 1.64. The van der Waals surface area contributed by atoms with E-state index in [0.29, 0.717) is 0 Å². The van der Waals surface area contributed by atoms with Gasteiger partial charge in [0.2, 0.25) is 0 Å². The van der Waals surface area contributed by atoms with Crippen molar-refractivity contribution in [2.75, 3.05) is 11.9 Å². The molecule has 0 atom stereocenters. The molecule has 5 nitrogen and oxygen atoms in total. The number of anilines is 1. The number of hydrogen-bond acceptors (Lipinski definition) is 4. The normalized spacial score (nSPS) is 12.1. The molecule has 4 N–H and O–H groups in total. The fraction of sp³-hybridized carbons (Fsp3) is 0.500. The van der Waals surface area contributed by atoms with Gasteiger partial charge in [-0.15, -0.1) is 0 Å². The Balaban J connectivity index is 2.94. The number of carbonyl (C=O) groups excluding carboxylic acids is 1. The third kappa shape index (κ3) is 5.18. The summed E-state index contributed by atoms with van der Waals surface area (Å²) in [6.07, 6.45) is -1.36. The van der Waals surface area contributed by atoms with Gasteiger partial charge in [0.25, 0.3) is 5.92 Å². The average Bonchev–Trinajstić information content (AvgIpc) is 2.28. The molecule has 21 heavy (non-hydrogen) atoms. The smallest absolute Gasteiger partial charge is 0.412 e. The monoisotopic (exact) mass is 302 g/mol. The number of halogens is 2. The standard InChI is InChI=1S/C14H20F2N2O3/c1-13(2,3)21-12(20)18-9-4-5-11(19)10(8-9)14(15,16)6-7-17/h4-5,8,19H,6-7,17H2,1-3H3,(H,18,20). The lowest BCUT2D eigenvalue weighted by Crippen LogP contribution is -2.27. The molecule has 0 radical (unpaired) electrons. The van der Waals surface area contributed by atoms with Crippen LogP contribution in [0.15, 0.2) is 18.2 Å². The first-order valence-electron chi connectivity index (χ1n) is 6.46. The predicted octanol–water partition coefficient (Wildman–Crippen LogP) is 3.18. The molecule has 0 saturated carbocycles. The first-order chi connectivity index (χ1) is 9.55. The second kappa shape index (κ2) is 6.26. The Labute approximate surface area is 122 Å². The maximum Gasteiger partial charge on any atom is 0.412 e. The highest BCUT2D eigenvalue weighted by Crippen LogP contribution is 2.38. The summed E-state index contributed by atoms with van der Waals surface area (Å²) >= 11 is 0. The van der Waals surface area contributed by atoms with Gasteiger partial charge in [-0.05, 0) is 45.5 Å². The number of hydrogen-bond donors (Lipinski definition) is 3. The van der Waals surface area contributed by atoms with E-state index in [4.69, 9.17) is 10.5 Å². The lowest BCUT2D eigenvalue weighted by atomic mass is 10.0. The van der Waals surface area contributed by atoms with Crippen LogP contribution in [0.4, 0.5) is 19.3 Å². The molecule has 0 unspecified atom stereocenters. The number of rotatable bonds is 4. The number of nitrogens with two attached hydrogens (primary N) is 1. The van der Waals surface area contributed by atoms with Crippen LogP contribution >= 0.6 is 0 Å². The molecule has 0 aliphatic rings. The van der Waals surface area contributed by atoms with E-state index in [9.17, 15) is 18.7 Å². The minimum Gasteiger partial charge on any atom is -0.507 e. The van der Waals surface area contributed by atoms with Gasteiger partial charge in [0, 0.05) is 12.1 Å². The summed E-state index contributed by atoms with van der Waals surface area (Å²) < 4.78 is 32.7. The maximum absolute atomic E-state index is 13.8. The zero-order valence-corrected chi connectivity index (χ0v) is 12.2. The van der Waals surface area contributed by atoms with E-state index in [-0.39, 0.29) is 12.2 Å². The summed E-state index contributed by atoms with van der Waals surface area (Å²) in [5, 5.41) is 11.9. The third-order valence-corrected chi connectivity index (χ3v) is 2.49. The number of carbonyl (C=O) groups is 1. The first-order valence-corrected chi connectivity index (χ1v) is 6.46. The Morgan fingerprint density at radius 3 is 2.52 bits per heavy atom. The molecule has 0 bridgehead atoms. The molecule has 0 heterocycles. The lowest BCUT2D eigenvalue weighted by Gasteiger charge is -2.21. The van der Waals surface area contributed by atoms with Crippen molar-refractivity contribution in [3.05, 3.63) is 23.8 Å². The number of ether oxygens (including phenoxy) is 1. The molecule has 0 fully saturated rings. The van der Waals surface area contributed by atoms with E-state index in [1.54, 1.807) is 20.8 Å². The van der Waals surface area contributed by atoms with Crippen molar-refractivity contribution in [1.82, 2.24) is 0 Å². The first kappa shape index (κ1) is 17.2. The van der Waals surface area contributed by atoms with Crippen LogP contribution in [-0.2, 0) is 10.7 Å². The van der Waals surface area contributed by atoms with Gasteiger partial charge >= 0.3 is 6.09 Å².